The Kier molecular flexibility index (Phi) is 11.4. The first kappa shape index (κ1) is 21.9. The lowest BCUT2D eigenvalue weighted by Gasteiger charge is -2.33. The van der Waals surface area contributed by atoms with Gasteiger partial charge in [-0.1, -0.05) is 48.5 Å². The molecule has 4 N–H and O–H groups in total. The molecule has 0 aromatic heterocycles. The first-order valence-corrected chi connectivity index (χ1v) is 9.34. The Labute approximate surface area is 140 Å². The van der Waals surface area contributed by atoms with Crippen LogP contribution in [0.1, 0.15) is 61.3 Å². The van der Waals surface area contributed by atoms with Crippen molar-refractivity contribution in [2.75, 3.05) is 20.1 Å². The summed E-state index contributed by atoms with van der Waals surface area (Å²) in [6, 6.07) is 1.16. The van der Waals surface area contributed by atoms with Crippen LogP contribution in [-0.2, 0) is 0 Å². The second-order valence-corrected chi connectivity index (χ2v) is 8.09. The first-order valence-electron chi connectivity index (χ1n) is 9.34. The van der Waals surface area contributed by atoms with Crippen molar-refractivity contribution >= 4 is 0 Å². The standard InChI is InChI=1S/C16H36N2.C3H7N/c1-11(2)13(5)9-18-16(10-17-8)15(7)14(6)12(3)4;4-3-1-2-3/h11-18H,9-10H2,1-8H3;3H,1-2,4H2. The predicted octanol–water partition coefficient (Wildman–Crippen LogP) is 3.49. The number of hydrogen-bond acceptors (Lipinski definition) is 3. The van der Waals surface area contributed by atoms with E-state index >= 15 is 0 Å². The van der Waals surface area contributed by atoms with Crippen molar-refractivity contribution in [1.82, 2.24) is 10.6 Å². The van der Waals surface area contributed by atoms with Gasteiger partial charge in [-0.05, 0) is 56.0 Å². The molecule has 0 aromatic carbocycles. The minimum atomic E-state index is 0.577. The predicted molar refractivity (Wildman–Crippen MR) is 100 cm³/mol. The van der Waals surface area contributed by atoms with Crippen LogP contribution in [0.4, 0.5) is 0 Å². The van der Waals surface area contributed by atoms with Gasteiger partial charge in [0.25, 0.3) is 0 Å². The normalized spacial score (nSPS) is 20.3. The van der Waals surface area contributed by atoms with Crippen molar-refractivity contribution in [2.24, 2.45) is 35.3 Å². The molecule has 1 aliphatic rings. The van der Waals surface area contributed by atoms with E-state index in [2.05, 4.69) is 59.1 Å². The van der Waals surface area contributed by atoms with Gasteiger partial charge in [-0.3, -0.25) is 0 Å². The molecule has 1 rings (SSSR count). The summed E-state index contributed by atoms with van der Waals surface area (Å²) in [5.41, 5.74) is 5.22. The van der Waals surface area contributed by atoms with E-state index in [4.69, 9.17) is 5.73 Å². The van der Waals surface area contributed by atoms with Gasteiger partial charge in [0, 0.05) is 18.6 Å². The molecule has 0 bridgehead atoms. The third-order valence-electron chi connectivity index (χ3n) is 5.40. The molecule has 1 aliphatic carbocycles. The summed E-state index contributed by atoms with van der Waals surface area (Å²) in [6.07, 6.45) is 2.53. The van der Waals surface area contributed by atoms with Crippen LogP contribution in [0.25, 0.3) is 0 Å². The highest BCUT2D eigenvalue weighted by Crippen LogP contribution is 2.23. The van der Waals surface area contributed by atoms with E-state index in [1.807, 2.05) is 7.05 Å². The molecule has 1 fully saturated rings. The van der Waals surface area contributed by atoms with Crippen LogP contribution in [0.5, 0.6) is 0 Å². The highest BCUT2D eigenvalue weighted by atomic mass is 15.0. The van der Waals surface area contributed by atoms with Crippen molar-refractivity contribution in [1.29, 1.82) is 0 Å². The molecule has 0 amide bonds. The lowest BCUT2D eigenvalue weighted by molar-refractivity contribution is 0.217. The van der Waals surface area contributed by atoms with E-state index in [0.29, 0.717) is 18.0 Å². The molecule has 4 unspecified atom stereocenters. The maximum Gasteiger partial charge on any atom is 0.0220 e. The highest BCUT2D eigenvalue weighted by molar-refractivity contribution is 4.81. The minimum absolute atomic E-state index is 0.577. The van der Waals surface area contributed by atoms with E-state index in [-0.39, 0.29) is 0 Å². The van der Waals surface area contributed by atoms with Crippen LogP contribution in [0.3, 0.4) is 0 Å². The average Bonchev–Trinajstić information content (AvgIpc) is 3.24. The van der Waals surface area contributed by atoms with Crippen LogP contribution in [0.15, 0.2) is 0 Å². The van der Waals surface area contributed by atoms with E-state index in [1.54, 1.807) is 0 Å². The van der Waals surface area contributed by atoms with Crippen molar-refractivity contribution in [2.45, 2.75) is 73.4 Å². The van der Waals surface area contributed by atoms with Crippen molar-refractivity contribution in [3.05, 3.63) is 0 Å². The lowest BCUT2D eigenvalue weighted by Crippen LogP contribution is -2.46. The van der Waals surface area contributed by atoms with Gasteiger partial charge in [-0.2, -0.15) is 0 Å². The molecule has 4 atom stereocenters. The third kappa shape index (κ3) is 9.81. The van der Waals surface area contributed by atoms with Gasteiger partial charge >= 0.3 is 0 Å². The lowest BCUT2D eigenvalue weighted by atomic mass is 9.81. The van der Waals surface area contributed by atoms with Crippen LogP contribution >= 0.6 is 0 Å². The van der Waals surface area contributed by atoms with E-state index in [0.717, 1.165) is 36.8 Å². The molecule has 0 saturated heterocycles. The average molecular weight is 314 g/mol. The van der Waals surface area contributed by atoms with Gasteiger partial charge in [0.1, 0.15) is 0 Å². The molecular formula is C19H43N3. The van der Waals surface area contributed by atoms with Gasteiger partial charge in [0.15, 0.2) is 0 Å². The van der Waals surface area contributed by atoms with E-state index in [9.17, 15) is 0 Å². The highest BCUT2D eigenvalue weighted by Gasteiger charge is 2.24. The molecule has 0 aromatic rings. The molecule has 22 heavy (non-hydrogen) atoms. The van der Waals surface area contributed by atoms with Crippen LogP contribution in [0.2, 0.25) is 0 Å². The molecule has 134 valence electrons. The fourth-order valence-electron chi connectivity index (χ4n) is 2.31. The smallest absolute Gasteiger partial charge is 0.0220 e. The molecular weight excluding hydrogens is 270 g/mol. The first-order chi connectivity index (χ1) is 10.2. The monoisotopic (exact) mass is 313 g/mol. The van der Waals surface area contributed by atoms with Gasteiger partial charge in [-0.15, -0.1) is 0 Å². The Bertz CT molecular complexity index is 261. The minimum Gasteiger partial charge on any atom is -0.328 e. The summed E-state index contributed by atoms with van der Waals surface area (Å²) in [6.45, 7) is 18.6. The Morgan fingerprint density at radius 3 is 1.68 bits per heavy atom. The topological polar surface area (TPSA) is 50.1 Å². The largest absolute Gasteiger partial charge is 0.328 e. The second kappa shape index (κ2) is 11.4. The maximum absolute atomic E-state index is 5.22. The Morgan fingerprint density at radius 2 is 1.36 bits per heavy atom. The summed E-state index contributed by atoms with van der Waals surface area (Å²) in [5.74, 6) is 3.71. The second-order valence-electron chi connectivity index (χ2n) is 8.09. The zero-order valence-corrected chi connectivity index (χ0v) is 16.4. The fourth-order valence-corrected chi connectivity index (χ4v) is 2.31. The summed E-state index contributed by atoms with van der Waals surface area (Å²) < 4.78 is 0. The molecule has 3 nitrogen and oxygen atoms in total. The molecule has 1 saturated carbocycles. The molecule has 0 aliphatic heterocycles. The number of likely N-dealkylation sites (N-methyl/N-ethyl adjacent to an activating group) is 1. The van der Waals surface area contributed by atoms with Crippen LogP contribution in [0, 0.1) is 29.6 Å². The van der Waals surface area contributed by atoms with E-state index in [1.165, 1.54) is 12.8 Å². The SMILES string of the molecule is CNCC(NCC(C)C(C)C)C(C)C(C)C(C)C.NC1CC1. The zero-order valence-electron chi connectivity index (χ0n) is 16.4. The third-order valence-corrected chi connectivity index (χ3v) is 5.40. The van der Waals surface area contributed by atoms with Crippen molar-refractivity contribution in [3.8, 4) is 0 Å². The van der Waals surface area contributed by atoms with Gasteiger partial charge < -0.3 is 16.4 Å². The quantitative estimate of drug-likeness (QED) is 0.611. The maximum atomic E-state index is 5.22. The molecule has 0 heterocycles. The summed E-state index contributed by atoms with van der Waals surface area (Å²) in [5, 5.41) is 7.11. The summed E-state index contributed by atoms with van der Waals surface area (Å²) in [7, 11) is 2.05. The number of nitrogens with one attached hydrogen (secondary N) is 2. The molecule has 3 heteroatoms. The Morgan fingerprint density at radius 1 is 0.864 bits per heavy atom. The Balaban J connectivity index is 0.000000939. The van der Waals surface area contributed by atoms with Gasteiger partial charge in [-0.25, -0.2) is 0 Å². The Hall–Kier alpha value is -0.120. The summed E-state index contributed by atoms with van der Waals surface area (Å²) in [4.78, 5) is 0. The number of hydrogen-bond donors (Lipinski definition) is 3. The number of nitrogens with two attached hydrogens (primary N) is 1. The van der Waals surface area contributed by atoms with Crippen LogP contribution in [-0.4, -0.2) is 32.2 Å². The molecule has 0 radical (unpaired) electrons. The van der Waals surface area contributed by atoms with E-state index < -0.39 is 0 Å². The van der Waals surface area contributed by atoms with Crippen molar-refractivity contribution in [3.63, 3.8) is 0 Å². The van der Waals surface area contributed by atoms with Crippen molar-refractivity contribution < 1.29 is 0 Å². The van der Waals surface area contributed by atoms with Gasteiger partial charge in [0.2, 0.25) is 0 Å². The van der Waals surface area contributed by atoms with Crippen LogP contribution < -0.4 is 16.4 Å². The van der Waals surface area contributed by atoms with Gasteiger partial charge in [0.05, 0.1) is 0 Å². The number of rotatable bonds is 9. The summed E-state index contributed by atoms with van der Waals surface area (Å²) >= 11 is 0. The fraction of sp³-hybridized carbons (Fsp3) is 1.00. The zero-order chi connectivity index (χ0) is 17.3. The molecule has 0 spiro atoms.